The molecule has 2 atom stereocenters. The number of rotatable bonds is 2. The maximum absolute atomic E-state index is 12.8. The molecule has 0 unspecified atom stereocenters. The summed E-state index contributed by atoms with van der Waals surface area (Å²) in [4.78, 5) is 12.8. The summed E-state index contributed by atoms with van der Waals surface area (Å²) in [7, 11) is -1.78. The Bertz CT molecular complexity index is 443. The van der Waals surface area contributed by atoms with Crippen LogP contribution in [0.5, 0.6) is 0 Å². The molecule has 0 aromatic heterocycles. The molecule has 6 heteroatoms. The Balaban J connectivity index is 3.41. The van der Waals surface area contributed by atoms with E-state index in [9.17, 15) is 4.79 Å². The fourth-order valence-electron chi connectivity index (χ4n) is 2.67. The van der Waals surface area contributed by atoms with E-state index in [1.807, 2.05) is 20.8 Å². The summed E-state index contributed by atoms with van der Waals surface area (Å²) in [6.45, 7) is 12.3. The molecule has 0 aliphatic heterocycles. The maximum Gasteiger partial charge on any atom is 0.191 e. The summed E-state index contributed by atoms with van der Waals surface area (Å²) in [6.07, 6.45) is 0.323. The van der Waals surface area contributed by atoms with E-state index in [2.05, 4.69) is 19.6 Å². The van der Waals surface area contributed by atoms with Crippen LogP contribution in [0.2, 0.25) is 19.6 Å². The Labute approximate surface area is 143 Å². The van der Waals surface area contributed by atoms with Crippen molar-refractivity contribution in [3.05, 3.63) is 10.2 Å². The lowest BCUT2D eigenvalue weighted by Gasteiger charge is -2.27. The normalized spacial score (nSPS) is 29.8. The number of hydrogen-bond donors (Lipinski definition) is 0. The highest BCUT2D eigenvalue weighted by molar-refractivity contribution is 6.91. The van der Waals surface area contributed by atoms with Gasteiger partial charge in [-0.15, -0.1) is 0 Å². The van der Waals surface area contributed by atoms with Crippen LogP contribution in [0.1, 0.15) is 27.2 Å². The minimum Gasteiger partial charge on any atom is -0.294 e. The van der Waals surface area contributed by atoms with Gasteiger partial charge in [0.05, 0.1) is 8.07 Å². The van der Waals surface area contributed by atoms with Crippen LogP contribution >= 0.6 is 46.4 Å². The highest BCUT2D eigenvalue weighted by Gasteiger charge is 2.52. The first-order chi connectivity index (χ1) is 8.69. The third kappa shape index (κ3) is 3.75. The topological polar surface area (TPSA) is 17.1 Å². The van der Waals surface area contributed by atoms with E-state index in [0.29, 0.717) is 12.0 Å². The zero-order valence-corrected chi connectivity index (χ0v) is 16.8. The van der Waals surface area contributed by atoms with Crippen LogP contribution < -0.4 is 0 Å². The van der Waals surface area contributed by atoms with Crippen LogP contribution in [0, 0.1) is 17.3 Å². The van der Waals surface area contributed by atoms with Crippen LogP contribution in [0.25, 0.3) is 0 Å². The van der Waals surface area contributed by atoms with Crippen molar-refractivity contribution >= 4 is 60.3 Å². The number of allylic oxidation sites excluding steroid dienone is 1. The van der Waals surface area contributed by atoms with E-state index in [4.69, 9.17) is 46.4 Å². The summed E-state index contributed by atoms with van der Waals surface area (Å²) in [5, 5.41) is 0. The van der Waals surface area contributed by atoms with Crippen LogP contribution in [0.15, 0.2) is 10.2 Å². The molecule has 0 radical (unpaired) electrons. The molecule has 0 saturated heterocycles. The smallest absolute Gasteiger partial charge is 0.191 e. The van der Waals surface area contributed by atoms with Gasteiger partial charge in [-0.05, 0) is 11.8 Å². The van der Waals surface area contributed by atoms with Crippen molar-refractivity contribution in [1.82, 2.24) is 0 Å². The van der Waals surface area contributed by atoms with Crippen LogP contribution in [0.3, 0.4) is 0 Å². The summed E-state index contributed by atoms with van der Waals surface area (Å²) in [5.74, 6) is 0.117. The largest absolute Gasteiger partial charge is 0.294 e. The van der Waals surface area contributed by atoms with Crippen molar-refractivity contribution in [3.63, 3.8) is 0 Å². The van der Waals surface area contributed by atoms with Gasteiger partial charge in [0.1, 0.15) is 0 Å². The highest BCUT2D eigenvalue weighted by atomic mass is 35.6. The summed E-state index contributed by atoms with van der Waals surface area (Å²) >= 11 is 24.5. The SMILES string of the molecule is C[C@@H]1[C@@H](CC(Cl)(Cl)Cl)/C(=C(\Cl)[Si](C)(C)C)C(=O)C1(C)C. The van der Waals surface area contributed by atoms with Crippen molar-refractivity contribution < 1.29 is 4.79 Å². The number of carbonyl (C=O) groups is 1. The number of hydrogen-bond acceptors (Lipinski definition) is 1. The molecule has 116 valence electrons. The molecular formula is C14H22Cl4OSi. The lowest BCUT2D eigenvalue weighted by atomic mass is 9.79. The number of carbonyl (C=O) groups excluding carboxylic acids is 1. The van der Waals surface area contributed by atoms with E-state index < -0.39 is 17.3 Å². The Morgan fingerprint density at radius 1 is 1.25 bits per heavy atom. The molecule has 0 aromatic carbocycles. The van der Waals surface area contributed by atoms with E-state index in [0.717, 1.165) is 4.66 Å². The van der Waals surface area contributed by atoms with Crippen LogP contribution in [-0.2, 0) is 4.79 Å². The summed E-state index contributed by atoms with van der Waals surface area (Å²) < 4.78 is -0.652. The molecule has 0 amide bonds. The van der Waals surface area contributed by atoms with Gasteiger partial charge in [-0.3, -0.25) is 4.79 Å². The number of ketones is 1. The molecule has 0 N–H and O–H groups in total. The number of halogens is 4. The zero-order chi connectivity index (χ0) is 16.1. The van der Waals surface area contributed by atoms with Gasteiger partial charge in [0.2, 0.25) is 0 Å². The van der Waals surface area contributed by atoms with Gasteiger partial charge in [-0.2, -0.15) is 0 Å². The van der Waals surface area contributed by atoms with Crippen molar-refractivity contribution in [1.29, 1.82) is 0 Å². The lowest BCUT2D eigenvalue weighted by molar-refractivity contribution is -0.122. The lowest BCUT2D eigenvalue weighted by Crippen LogP contribution is -2.26. The molecule has 0 bridgehead atoms. The zero-order valence-electron chi connectivity index (χ0n) is 12.8. The predicted octanol–water partition coefficient (Wildman–Crippen LogP) is 5.98. The predicted molar refractivity (Wildman–Crippen MR) is 92.6 cm³/mol. The average molecular weight is 376 g/mol. The highest BCUT2D eigenvalue weighted by Crippen LogP contribution is 2.53. The first kappa shape index (κ1) is 18.8. The molecule has 1 aliphatic carbocycles. The standard InChI is InChI=1S/C14H22Cl4OSi/c1-8-9(7-14(16,17)18)10(11(19)13(8,2)3)12(15)20(4,5)6/h8-9H,7H2,1-6H3/b12-10-/t8-,9-/m1/s1. The van der Waals surface area contributed by atoms with Crippen molar-refractivity contribution in [2.45, 2.75) is 50.6 Å². The van der Waals surface area contributed by atoms with Crippen molar-refractivity contribution in [3.8, 4) is 0 Å². The molecule has 1 nitrogen and oxygen atoms in total. The van der Waals surface area contributed by atoms with Crippen LogP contribution in [0.4, 0.5) is 0 Å². The fraction of sp³-hybridized carbons (Fsp3) is 0.786. The minimum absolute atomic E-state index is 0.0933. The van der Waals surface area contributed by atoms with Gasteiger partial charge in [0.15, 0.2) is 9.58 Å². The minimum atomic E-state index is -1.78. The molecule has 1 aliphatic rings. The Morgan fingerprint density at radius 2 is 1.70 bits per heavy atom. The maximum atomic E-state index is 12.8. The van der Waals surface area contributed by atoms with Gasteiger partial charge >= 0.3 is 0 Å². The molecule has 0 aromatic rings. The van der Waals surface area contributed by atoms with E-state index in [-0.39, 0.29) is 17.6 Å². The average Bonchev–Trinajstić information content (AvgIpc) is 2.37. The first-order valence-electron chi connectivity index (χ1n) is 6.71. The van der Waals surface area contributed by atoms with Crippen molar-refractivity contribution in [2.75, 3.05) is 0 Å². The molecule has 0 heterocycles. The van der Waals surface area contributed by atoms with Crippen LogP contribution in [-0.4, -0.2) is 17.6 Å². The van der Waals surface area contributed by atoms with Gasteiger partial charge in [0, 0.05) is 22.1 Å². The number of alkyl halides is 3. The summed E-state index contributed by atoms with van der Waals surface area (Å²) in [5.41, 5.74) is 0.241. The second-order valence-electron chi connectivity index (χ2n) is 7.24. The first-order valence-corrected chi connectivity index (χ1v) is 11.7. The van der Waals surface area contributed by atoms with E-state index in [1.54, 1.807) is 0 Å². The third-order valence-electron chi connectivity index (χ3n) is 4.29. The van der Waals surface area contributed by atoms with E-state index >= 15 is 0 Å². The Kier molecular flexibility index (Phi) is 5.43. The molecular weight excluding hydrogens is 354 g/mol. The molecule has 0 spiro atoms. The third-order valence-corrected chi connectivity index (χ3v) is 8.24. The Hall–Kier alpha value is 0.787. The van der Waals surface area contributed by atoms with Gasteiger partial charge in [-0.1, -0.05) is 86.8 Å². The molecule has 1 fully saturated rings. The quantitative estimate of drug-likeness (QED) is 0.329. The Morgan fingerprint density at radius 3 is 2.05 bits per heavy atom. The molecule has 1 saturated carbocycles. The van der Waals surface area contributed by atoms with Gasteiger partial charge < -0.3 is 0 Å². The molecule has 20 heavy (non-hydrogen) atoms. The second kappa shape index (κ2) is 5.77. The van der Waals surface area contributed by atoms with Gasteiger partial charge in [0.25, 0.3) is 0 Å². The fourth-order valence-corrected chi connectivity index (χ4v) is 4.50. The van der Waals surface area contributed by atoms with Crippen molar-refractivity contribution in [2.24, 2.45) is 17.3 Å². The van der Waals surface area contributed by atoms with E-state index in [1.165, 1.54) is 0 Å². The molecule has 1 rings (SSSR count). The monoisotopic (exact) mass is 374 g/mol. The van der Waals surface area contributed by atoms with Gasteiger partial charge in [-0.25, -0.2) is 0 Å². The second-order valence-corrected chi connectivity index (χ2v) is 15.5. The number of Topliss-reactive ketones (excluding diaryl/α,β-unsaturated/α-hetero) is 1. The summed E-state index contributed by atoms with van der Waals surface area (Å²) in [6, 6.07) is 0.